The number of amides is 2. The molecule has 2 saturated carbocycles. The number of hydrazine groups is 1. The first-order chi connectivity index (χ1) is 28.9. The summed E-state index contributed by atoms with van der Waals surface area (Å²) in [5.74, 6) is 0.161. The van der Waals surface area contributed by atoms with E-state index in [-0.39, 0.29) is 42.8 Å². The first-order valence-corrected chi connectivity index (χ1v) is 22.9. The number of aryl methyl sites for hydroxylation is 1. The molecule has 1 unspecified atom stereocenters. The fourth-order valence-corrected chi connectivity index (χ4v) is 11.2. The Morgan fingerprint density at radius 2 is 1.87 bits per heavy atom. The number of anilines is 1. The minimum atomic E-state index is -0.813. The number of rotatable bonds is 7. The zero-order valence-corrected chi connectivity index (χ0v) is 36.8. The molecule has 60 heavy (non-hydrogen) atoms. The number of piperazine rings is 1. The van der Waals surface area contributed by atoms with E-state index in [0.29, 0.717) is 37.6 Å². The number of cyclic esters (lactones) is 1. The highest BCUT2D eigenvalue weighted by Crippen LogP contribution is 2.57. The minimum Gasteiger partial charge on any atom is -0.464 e. The minimum absolute atomic E-state index is 0.0214. The van der Waals surface area contributed by atoms with Crippen LogP contribution in [0.4, 0.5) is 5.69 Å². The summed E-state index contributed by atoms with van der Waals surface area (Å²) in [5.41, 5.74) is 10.9. The summed E-state index contributed by atoms with van der Waals surface area (Å²) in [7, 11) is 3.90. The molecule has 4 fully saturated rings. The highest BCUT2D eigenvalue weighted by atomic mass is 32.1. The number of carbonyl (C=O) groups is 3. The SMILES string of the molecule is CCn1c(-c2cc(N3CCN(C)CC3)cnc2[C@H](C)OC)c2c3cc(ccc31)-c1csc(n1)C[C@H](NC(=O)C1[C@H]3CCC[C@@H]13)C(=O)N1CCC[C@H](N1)C(=O)OCC(C)(C)C2. The Morgan fingerprint density at radius 1 is 1.08 bits per heavy atom. The quantitative estimate of drug-likeness (QED) is 0.214. The van der Waals surface area contributed by atoms with Crippen LogP contribution in [0, 0.1) is 23.2 Å². The molecule has 13 nitrogen and oxygen atoms in total. The molecule has 3 aromatic heterocycles. The van der Waals surface area contributed by atoms with Gasteiger partial charge in [0.1, 0.15) is 12.1 Å². The van der Waals surface area contributed by atoms with Gasteiger partial charge in [-0.15, -0.1) is 11.3 Å². The molecule has 2 amide bonds. The molecular weight excluding hydrogens is 777 g/mol. The molecule has 6 atom stereocenters. The average molecular weight is 837 g/mol. The van der Waals surface area contributed by atoms with E-state index in [1.807, 2.05) is 6.20 Å². The average Bonchev–Trinajstić information content (AvgIpc) is 3.58. The summed E-state index contributed by atoms with van der Waals surface area (Å²) in [4.78, 5) is 56.8. The van der Waals surface area contributed by atoms with Crippen molar-refractivity contribution in [3.63, 3.8) is 0 Å². The second-order valence-corrected chi connectivity index (χ2v) is 19.5. The van der Waals surface area contributed by atoms with Crippen LogP contribution in [0.1, 0.15) is 82.2 Å². The number of likely N-dealkylation sites (N-methyl/N-ethyl adjacent to an activating group) is 1. The van der Waals surface area contributed by atoms with Crippen LogP contribution in [0.15, 0.2) is 35.8 Å². The summed E-state index contributed by atoms with van der Waals surface area (Å²) in [6, 6.07) is 7.40. The third-order valence-corrected chi connectivity index (χ3v) is 14.7. The van der Waals surface area contributed by atoms with E-state index in [4.69, 9.17) is 19.4 Å². The van der Waals surface area contributed by atoms with Crippen molar-refractivity contribution in [1.82, 2.24) is 35.2 Å². The van der Waals surface area contributed by atoms with Gasteiger partial charge >= 0.3 is 5.97 Å². The van der Waals surface area contributed by atoms with Gasteiger partial charge in [0, 0.05) is 91.5 Å². The van der Waals surface area contributed by atoms with Gasteiger partial charge in [-0.1, -0.05) is 26.3 Å². The van der Waals surface area contributed by atoms with Crippen LogP contribution >= 0.6 is 11.3 Å². The topological polar surface area (TPSA) is 134 Å². The summed E-state index contributed by atoms with van der Waals surface area (Å²) >= 11 is 1.51. The number of esters is 1. The number of hydrogen-bond donors (Lipinski definition) is 2. The van der Waals surface area contributed by atoms with E-state index in [1.165, 1.54) is 22.8 Å². The molecule has 2 N–H and O–H groups in total. The highest BCUT2D eigenvalue weighted by molar-refractivity contribution is 7.10. The molecule has 4 aromatic rings. The van der Waals surface area contributed by atoms with Crippen LogP contribution in [-0.4, -0.2) is 108 Å². The van der Waals surface area contributed by atoms with Crippen molar-refractivity contribution in [1.29, 1.82) is 0 Å². The molecule has 3 aliphatic heterocycles. The predicted molar refractivity (Wildman–Crippen MR) is 233 cm³/mol. The van der Waals surface area contributed by atoms with E-state index in [0.717, 1.165) is 101 Å². The Bertz CT molecular complexity index is 2270. The Labute approximate surface area is 357 Å². The van der Waals surface area contributed by atoms with Gasteiger partial charge in [-0.3, -0.25) is 24.4 Å². The molecule has 1 aromatic carbocycles. The van der Waals surface area contributed by atoms with Gasteiger partial charge in [0.05, 0.1) is 46.7 Å². The lowest BCUT2D eigenvalue weighted by Gasteiger charge is -2.35. The lowest BCUT2D eigenvalue weighted by Crippen LogP contribution is -2.60. The van der Waals surface area contributed by atoms with Crippen molar-refractivity contribution in [3.05, 3.63) is 52.1 Å². The fourth-order valence-electron chi connectivity index (χ4n) is 10.3. The number of aromatic nitrogens is 3. The standard InChI is InChI=1S/C46H60N8O5S/c1-7-53-38-14-13-28-20-32(38)34(42(53)33-21-29(24-47-41(33)27(2)58-6)52-18-16-51(5)17-19-52)23-46(3,4)26-59-45(57)35-12-9-15-54(50-35)44(56)36(22-39-48-37(28)25-60-39)49-43(55)40-30-10-8-11-31(30)40/h13-14,20-21,24-25,27,30-31,35-36,40,50H,7-12,15-19,22-23,26H2,1-6H3,(H,49,55)/t27-,30-,31+,35-,36-,40?/m0/s1. The van der Waals surface area contributed by atoms with Crippen molar-refractivity contribution >= 4 is 45.7 Å². The van der Waals surface area contributed by atoms with Crippen LogP contribution < -0.4 is 15.6 Å². The predicted octanol–water partition coefficient (Wildman–Crippen LogP) is 6.00. The zero-order chi connectivity index (χ0) is 41.9. The van der Waals surface area contributed by atoms with Gasteiger partial charge < -0.3 is 29.2 Å². The van der Waals surface area contributed by atoms with Gasteiger partial charge in [0.2, 0.25) is 5.91 Å². The third kappa shape index (κ3) is 7.84. The number of nitrogens with one attached hydrogen (secondary N) is 2. The Balaban J connectivity index is 1.15. The molecule has 2 saturated heterocycles. The van der Waals surface area contributed by atoms with E-state index in [2.05, 4.69) is 89.5 Å². The van der Waals surface area contributed by atoms with Gasteiger partial charge in [-0.05, 0) is 88.6 Å². The highest BCUT2D eigenvalue weighted by Gasteiger charge is 2.57. The van der Waals surface area contributed by atoms with Gasteiger partial charge in [0.25, 0.3) is 5.91 Å². The molecule has 9 rings (SSSR count). The van der Waals surface area contributed by atoms with Crippen LogP contribution in [-0.2, 0) is 43.2 Å². The maximum Gasteiger partial charge on any atom is 0.324 e. The number of carbonyl (C=O) groups excluding carboxylic acids is 3. The summed E-state index contributed by atoms with van der Waals surface area (Å²) < 4.78 is 14.5. The van der Waals surface area contributed by atoms with Crippen molar-refractivity contribution in [2.75, 3.05) is 58.4 Å². The Hall–Kier alpha value is -4.37. The number of pyridine rings is 1. The molecule has 6 bridgehead atoms. The zero-order valence-electron chi connectivity index (χ0n) is 36.0. The molecule has 14 heteroatoms. The van der Waals surface area contributed by atoms with Crippen molar-refractivity contribution in [2.45, 2.75) is 97.4 Å². The first-order valence-electron chi connectivity index (χ1n) is 22.0. The van der Waals surface area contributed by atoms with Crippen LogP contribution in [0.5, 0.6) is 0 Å². The van der Waals surface area contributed by atoms with Crippen molar-refractivity contribution in [3.8, 4) is 22.5 Å². The number of ether oxygens (including phenoxy) is 2. The van der Waals surface area contributed by atoms with E-state index in [9.17, 15) is 14.4 Å². The third-order valence-electron chi connectivity index (χ3n) is 13.8. The molecule has 0 radical (unpaired) electrons. The second kappa shape index (κ2) is 16.5. The van der Waals surface area contributed by atoms with Crippen molar-refractivity contribution < 1.29 is 23.9 Å². The van der Waals surface area contributed by atoms with Gasteiger partial charge in [0.15, 0.2) is 0 Å². The monoisotopic (exact) mass is 836 g/mol. The van der Waals surface area contributed by atoms with Crippen LogP contribution in [0.25, 0.3) is 33.4 Å². The van der Waals surface area contributed by atoms with Gasteiger partial charge in [-0.2, -0.15) is 0 Å². The second-order valence-electron chi connectivity index (χ2n) is 18.5. The smallest absolute Gasteiger partial charge is 0.324 e. The van der Waals surface area contributed by atoms with E-state index < -0.39 is 17.5 Å². The largest absolute Gasteiger partial charge is 0.464 e. The molecular formula is C46H60N8O5S. The molecule has 320 valence electrons. The summed E-state index contributed by atoms with van der Waals surface area (Å²) in [6.07, 6.45) is 7.15. The first kappa shape index (κ1) is 41.0. The molecule has 6 heterocycles. The van der Waals surface area contributed by atoms with Crippen LogP contribution in [0.3, 0.4) is 0 Å². The number of benzene rings is 1. The summed E-state index contributed by atoms with van der Waals surface area (Å²) in [5, 5.41) is 8.62. The molecule has 2 aliphatic carbocycles. The van der Waals surface area contributed by atoms with Gasteiger partial charge in [-0.25, -0.2) is 10.4 Å². The number of methoxy groups -OCH3 is 1. The summed E-state index contributed by atoms with van der Waals surface area (Å²) in [6.45, 7) is 13.7. The van der Waals surface area contributed by atoms with E-state index in [1.54, 1.807) is 7.11 Å². The number of thiazole rings is 1. The Morgan fingerprint density at radius 3 is 2.62 bits per heavy atom. The van der Waals surface area contributed by atoms with Crippen molar-refractivity contribution in [2.24, 2.45) is 23.2 Å². The number of nitrogens with zero attached hydrogens (tertiary/aromatic N) is 6. The normalized spacial score (nSPS) is 26.4. The number of fused-ring (bicyclic) bond motifs is 7. The maximum atomic E-state index is 14.3. The Kier molecular flexibility index (Phi) is 11.3. The maximum absolute atomic E-state index is 14.3. The van der Waals surface area contributed by atoms with Crippen LogP contribution in [0.2, 0.25) is 0 Å². The van der Waals surface area contributed by atoms with E-state index >= 15 is 0 Å². The molecule has 0 spiro atoms. The lowest BCUT2D eigenvalue weighted by atomic mass is 9.84. The fraction of sp³-hybridized carbons (Fsp3) is 0.587. The lowest BCUT2D eigenvalue weighted by molar-refractivity contribution is -0.155. The molecule has 5 aliphatic rings. The number of hydrogen-bond acceptors (Lipinski definition) is 11.